The molecule has 0 radical (unpaired) electrons. The van der Waals surface area contributed by atoms with Gasteiger partial charge in [-0.3, -0.25) is 4.79 Å². The summed E-state index contributed by atoms with van der Waals surface area (Å²) in [6.07, 6.45) is 1.46. The number of esters is 1. The number of benzene rings is 1. The molecule has 0 unspecified atom stereocenters. The van der Waals surface area contributed by atoms with Crippen molar-refractivity contribution >= 4 is 29.2 Å². The monoisotopic (exact) mass is 322 g/mol. The second-order valence-corrected chi connectivity index (χ2v) is 4.53. The smallest absolute Gasteiger partial charge is 0.342 e. The quantitative estimate of drug-likeness (QED) is 0.586. The Labute approximate surface area is 130 Å². The zero-order valence-corrected chi connectivity index (χ0v) is 11.9. The number of carbonyl (C=O) groups is 2. The predicted molar refractivity (Wildman–Crippen MR) is 77.9 cm³/mol. The number of phenolic OH excluding ortho intramolecular Hbond substituents is 2. The number of ether oxygens (including phenoxy) is 1. The summed E-state index contributed by atoms with van der Waals surface area (Å²) in [7, 11) is 0. The number of aromatic nitrogens is 1. The van der Waals surface area contributed by atoms with Gasteiger partial charge in [-0.15, -0.1) is 0 Å². The number of aromatic hydroxyl groups is 2. The third kappa shape index (κ3) is 3.86. The molecule has 1 amide bonds. The number of pyridine rings is 1. The van der Waals surface area contributed by atoms with Gasteiger partial charge in [0.05, 0.1) is 5.69 Å². The second-order valence-electron chi connectivity index (χ2n) is 4.17. The van der Waals surface area contributed by atoms with E-state index >= 15 is 0 Å². The maximum Gasteiger partial charge on any atom is 0.342 e. The summed E-state index contributed by atoms with van der Waals surface area (Å²) in [5, 5.41) is 21.2. The Morgan fingerprint density at radius 2 is 2.05 bits per heavy atom. The number of anilines is 1. The average molecular weight is 323 g/mol. The van der Waals surface area contributed by atoms with Gasteiger partial charge in [0.15, 0.2) is 11.8 Å². The molecular formula is C14H11ClN2O5. The minimum atomic E-state index is -0.898. The number of hydrogen-bond acceptors (Lipinski definition) is 6. The van der Waals surface area contributed by atoms with Crippen molar-refractivity contribution < 1.29 is 24.5 Å². The van der Waals surface area contributed by atoms with Crippen LogP contribution in [0.25, 0.3) is 0 Å². The fraction of sp³-hybridized carbons (Fsp3) is 0.0714. The molecule has 1 aromatic heterocycles. The molecule has 1 heterocycles. The van der Waals surface area contributed by atoms with Crippen molar-refractivity contribution in [1.29, 1.82) is 0 Å². The summed E-state index contributed by atoms with van der Waals surface area (Å²) in [6, 6.07) is 6.52. The van der Waals surface area contributed by atoms with Crippen molar-refractivity contribution in [2.75, 3.05) is 11.9 Å². The third-order valence-corrected chi connectivity index (χ3v) is 2.87. The lowest BCUT2D eigenvalue weighted by molar-refractivity contribution is -0.119. The Bertz CT molecular complexity index is 720. The number of rotatable bonds is 4. The standard InChI is InChI=1S/C14H11ClN2O5/c15-13-10(2-1-5-16-13)17-12(20)7-22-14(21)9-4-3-8(18)6-11(9)19/h1-6,18-19H,7H2,(H,17,20). The van der Waals surface area contributed by atoms with Crippen LogP contribution in [-0.2, 0) is 9.53 Å². The number of hydrogen-bond donors (Lipinski definition) is 3. The number of phenols is 2. The largest absolute Gasteiger partial charge is 0.508 e. The molecular weight excluding hydrogens is 312 g/mol. The van der Waals surface area contributed by atoms with Crippen LogP contribution in [-0.4, -0.2) is 33.7 Å². The van der Waals surface area contributed by atoms with Crippen molar-refractivity contribution in [3.05, 3.63) is 47.2 Å². The molecule has 0 saturated carbocycles. The molecule has 0 bridgehead atoms. The molecule has 1 aromatic carbocycles. The van der Waals surface area contributed by atoms with Crippen molar-refractivity contribution in [2.45, 2.75) is 0 Å². The van der Waals surface area contributed by atoms with Crippen LogP contribution in [0.2, 0.25) is 5.15 Å². The third-order valence-electron chi connectivity index (χ3n) is 2.57. The number of nitrogens with zero attached hydrogens (tertiary/aromatic N) is 1. The van der Waals surface area contributed by atoms with E-state index < -0.39 is 24.2 Å². The van der Waals surface area contributed by atoms with Crippen LogP contribution < -0.4 is 5.32 Å². The van der Waals surface area contributed by atoms with Crippen LogP contribution in [0.15, 0.2) is 36.5 Å². The summed E-state index contributed by atoms with van der Waals surface area (Å²) < 4.78 is 4.77. The van der Waals surface area contributed by atoms with Crippen molar-refractivity contribution in [3.8, 4) is 11.5 Å². The lowest BCUT2D eigenvalue weighted by atomic mass is 10.2. The van der Waals surface area contributed by atoms with E-state index in [1.165, 1.54) is 18.3 Å². The molecule has 0 aliphatic rings. The first-order valence-electron chi connectivity index (χ1n) is 6.07. The fourth-order valence-corrected chi connectivity index (χ4v) is 1.73. The van der Waals surface area contributed by atoms with Gasteiger partial charge in [-0.1, -0.05) is 11.6 Å². The summed E-state index contributed by atoms with van der Waals surface area (Å²) >= 11 is 5.77. The van der Waals surface area contributed by atoms with E-state index in [1.807, 2.05) is 0 Å². The molecule has 2 rings (SSSR count). The molecule has 0 spiro atoms. The summed E-state index contributed by atoms with van der Waals surface area (Å²) in [5.74, 6) is -2.15. The van der Waals surface area contributed by atoms with E-state index in [4.69, 9.17) is 21.4 Å². The highest BCUT2D eigenvalue weighted by atomic mass is 35.5. The van der Waals surface area contributed by atoms with Gasteiger partial charge >= 0.3 is 5.97 Å². The Hall–Kier alpha value is -2.80. The summed E-state index contributed by atoms with van der Waals surface area (Å²) in [5.41, 5.74) is 0.128. The van der Waals surface area contributed by atoms with Gasteiger partial charge in [-0.25, -0.2) is 9.78 Å². The van der Waals surface area contributed by atoms with Gasteiger partial charge in [-0.05, 0) is 24.3 Å². The summed E-state index contributed by atoms with van der Waals surface area (Å²) in [6.45, 7) is -0.565. The summed E-state index contributed by atoms with van der Waals surface area (Å²) in [4.78, 5) is 27.2. The number of amides is 1. The second kappa shape index (κ2) is 6.77. The van der Waals surface area contributed by atoms with Crippen LogP contribution >= 0.6 is 11.6 Å². The van der Waals surface area contributed by atoms with Gasteiger partial charge in [0.2, 0.25) is 0 Å². The van der Waals surface area contributed by atoms with Crippen LogP contribution in [0, 0.1) is 0 Å². The minimum Gasteiger partial charge on any atom is -0.508 e. The first-order valence-corrected chi connectivity index (χ1v) is 6.44. The average Bonchev–Trinajstić information content (AvgIpc) is 2.47. The van der Waals surface area contributed by atoms with Crippen LogP contribution in [0.1, 0.15) is 10.4 Å². The topological polar surface area (TPSA) is 109 Å². The van der Waals surface area contributed by atoms with Crippen LogP contribution in [0.4, 0.5) is 5.69 Å². The van der Waals surface area contributed by atoms with E-state index in [9.17, 15) is 14.7 Å². The molecule has 22 heavy (non-hydrogen) atoms. The lowest BCUT2D eigenvalue weighted by Gasteiger charge is -2.08. The van der Waals surface area contributed by atoms with Crippen LogP contribution in [0.3, 0.4) is 0 Å². The molecule has 0 fully saturated rings. The van der Waals surface area contributed by atoms with Crippen molar-refractivity contribution in [3.63, 3.8) is 0 Å². The molecule has 114 valence electrons. The van der Waals surface area contributed by atoms with E-state index in [0.29, 0.717) is 0 Å². The SMILES string of the molecule is O=C(COC(=O)c1ccc(O)cc1O)Nc1cccnc1Cl. The highest BCUT2D eigenvalue weighted by molar-refractivity contribution is 6.32. The molecule has 0 saturated heterocycles. The Morgan fingerprint density at radius 3 is 2.73 bits per heavy atom. The highest BCUT2D eigenvalue weighted by Crippen LogP contribution is 2.23. The highest BCUT2D eigenvalue weighted by Gasteiger charge is 2.15. The molecule has 0 atom stereocenters. The normalized spacial score (nSPS) is 10.0. The first kappa shape index (κ1) is 15.6. The number of halogens is 1. The molecule has 3 N–H and O–H groups in total. The zero-order valence-electron chi connectivity index (χ0n) is 11.1. The van der Waals surface area contributed by atoms with E-state index in [1.54, 1.807) is 12.1 Å². The van der Waals surface area contributed by atoms with E-state index in [-0.39, 0.29) is 22.2 Å². The predicted octanol–water partition coefficient (Wildman–Crippen LogP) is 1.94. The molecule has 7 nitrogen and oxygen atoms in total. The minimum absolute atomic E-state index is 0.110. The van der Waals surface area contributed by atoms with Crippen molar-refractivity contribution in [2.24, 2.45) is 0 Å². The van der Waals surface area contributed by atoms with Crippen LogP contribution in [0.5, 0.6) is 11.5 Å². The Balaban J connectivity index is 1.93. The van der Waals surface area contributed by atoms with E-state index in [0.717, 1.165) is 6.07 Å². The maximum atomic E-state index is 11.7. The molecule has 2 aromatic rings. The lowest BCUT2D eigenvalue weighted by Crippen LogP contribution is -2.21. The van der Waals surface area contributed by atoms with Gasteiger partial charge < -0.3 is 20.3 Å². The van der Waals surface area contributed by atoms with Gasteiger partial charge in [0.1, 0.15) is 17.1 Å². The van der Waals surface area contributed by atoms with E-state index in [2.05, 4.69) is 10.3 Å². The first-order chi connectivity index (χ1) is 10.5. The Kier molecular flexibility index (Phi) is 4.80. The van der Waals surface area contributed by atoms with Gasteiger partial charge in [0.25, 0.3) is 5.91 Å². The molecule has 0 aliphatic heterocycles. The van der Waals surface area contributed by atoms with Gasteiger partial charge in [-0.2, -0.15) is 0 Å². The molecule has 8 heteroatoms. The van der Waals surface area contributed by atoms with Crippen molar-refractivity contribution in [1.82, 2.24) is 4.98 Å². The number of nitrogens with one attached hydrogen (secondary N) is 1. The van der Waals surface area contributed by atoms with Gasteiger partial charge in [0, 0.05) is 12.3 Å². The Morgan fingerprint density at radius 1 is 1.27 bits per heavy atom. The molecule has 0 aliphatic carbocycles. The fourth-order valence-electron chi connectivity index (χ4n) is 1.57. The zero-order chi connectivity index (χ0) is 16.1. The number of carbonyl (C=O) groups excluding carboxylic acids is 2. The maximum absolute atomic E-state index is 11.7.